The number of ether oxygens (including phenoxy) is 1. The summed E-state index contributed by atoms with van der Waals surface area (Å²) in [4.78, 5) is 23.5. The summed E-state index contributed by atoms with van der Waals surface area (Å²) in [5, 5.41) is 12.3. The molecule has 2 rings (SSSR count). The molecular formula is C15H25NO4. The zero-order chi connectivity index (χ0) is 14.6. The van der Waals surface area contributed by atoms with Crippen molar-refractivity contribution in [3.63, 3.8) is 0 Å². The van der Waals surface area contributed by atoms with E-state index in [-0.39, 0.29) is 17.6 Å². The molecule has 0 unspecified atom stereocenters. The fourth-order valence-corrected chi connectivity index (χ4v) is 3.35. The smallest absolute Gasteiger partial charge is 0.308 e. The Balaban J connectivity index is 1.92. The molecule has 2 fully saturated rings. The number of amides is 1. The molecule has 1 amide bonds. The number of rotatable bonds is 5. The monoisotopic (exact) mass is 283 g/mol. The van der Waals surface area contributed by atoms with Crippen LogP contribution in [0, 0.1) is 5.92 Å². The highest BCUT2D eigenvalue weighted by molar-refractivity contribution is 5.79. The van der Waals surface area contributed by atoms with Crippen molar-refractivity contribution in [1.82, 2.24) is 5.32 Å². The maximum Gasteiger partial charge on any atom is 0.308 e. The summed E-state index contributed by atoms with van der Waals surface area (Å²) in [5.74, 6) is -1.30. The van der Waals surface area contributed by atoms with Crippen LogP contribution in [0.15, 0.2) is 0 Å². The van der Waals surface area contributed by atoms with Gasteiger partial charge in [0.2, 0.25) is 5.91 Å². The lowest BCUT2D eigenvalue weighted by Crippen LogP contribution is -2.48. The molecule has 0 heterocycles. The quantitative estimate of drug-likeness (QED) is 0.758. The van der Waals surface area contributed by atoms with E-state index in [1.807, 2.05) is 0 Å². The van der Waals surface area contributed by atoms with Crippen molar-refractivity contribution in [2.75, 3.05) is 7.11 Å². The number of aliphatic carboxylic acids is 1. The normalized spacial score (nSPS) is 29.1. The Morgan fingerprint density at radius 1 is 1.20 bits per heavy atom. The van der Waals surface area contributed by atoms with Gasteiger partial charge in [-0.15, -0.1) is 0 Å². The lowest BCUT2D eigenvalue weighted by Gasteiger charge is -2.40. The summed E-state index contributed by atoms with van der Waals surface area (Å²) < 4.78 is 5.46. The molecule has 2 atom stereocenters. The number of hydrogen-bond acceptors (Lipinski definition) is 3. The van der Waals surface area contributed by atoms with Crippen LogP contribution in [0.2, 0.25) is 0 Å². The lowest BCUT2D eigenvalue weighted by molar-refractivity contribution is -0.143. The summed E-state index contributed by atoms with van der Waals surface area (Å²) in [7, 11) is 1.65. The summed E-state index contributed by atoms with van der Waals surface area (Å²) in [6, 6.07) is -0.225. The standard InChI is InChI=1S/C15H25NO4/c1-20-15(8-5-9-15)10-13(17)16-12-7-4-2-3-6-11(12)14(18)19/h11-12H,2-10H2,1H3,(H,16,17)(H,18,19)/t11-,12+/m1/s1. The second kappa shape index (κ2) is 6.57. The number of carboxylic acids is 1. The Morgan fingerprint density at radius 2 is 1.90 bits per heavy atom. The first-order valence-corrected chi connectivity index (χ1v) is 7.64. The minimum absolute atomic E-state index is 0.0651. The van der Waals surface area contributed by atoms with E-state index < -0.39 is 11.9 Å². The van der Waals surface area contributed by atoms with Crippen molar-refractivity contribution in [1.29, 1.82) is 0 Å². The maximum atomic E-state index is 12.2. The van der Waals surface area contributed by atoms with Crippen molar-refractivity contribution in [3.8, 4) is 0 Å². The van der Waals surface area contributed by atoms with Gasteiger partial charge in [-0.25, -0.2) is 0 Å². The number of carbonyl (C=O) groups is 2. The average Bonchev–Trinajstić information content (AvgIpc) is 2.59. The molecule has 114 valence electrons. The second-order valence-electron chi connectivity index (χ2n) is 6.17. The molecule has 0 aromatic heterocycles. The topological polar surface area (TPSA) is 75.6 Å². The van der Waals surface area contributed by atoms with Gasteiger partial charge in [-0.3, -0.25) is 9.59 Å². The Bertz CT molecular complexity index is 359. The molecule has 5 heteroatoms. The van der Waals surface area contributed by atoms with Crippen LogP contribution in [-0.4, -0.2) is 35.7 Å². The SMILES string of the molecule is COC1(CC(=O)N[C@H]2CCCCC[C@H]2C(=O)O)CCC1. The number of carboxylic acid groups (broad SMARTS) is 1. The van der Waals surface area contributed by atoms with Crippen molar-refractivity contribution < 1.29 is 19.4 Å². The van der Waals surface area contributed by atoms with Crippen molar-refractivity contribution in [2.45, 2.75) is 69.4 Å². The molecule has 2 aliphatic rings. The minimum Gasteiger partial charge on any atom is -0.481 e. The van der Waals surface area contributed by atoms with Crippen molar-refractivity contribution >= 4 is 11.9 Å². The third-order valence-electron chi connectivity index (χ3n) is 4.86. The zero-order valence-electron chi connectivity index (χ0n) is 12.2. The zero-order valence-corrected chi connectivity index (χ0v) is 12.2. The van der Waals surface area contributed by atoms with Crippen molar-refractivity contribution in [3.05, 3.63) is 0 Å². The number of methoxy groups -OCH3 is 1. The van der Waals surface area contributed by atoms with Crippen LogP contribution in [0.1, 0.15) is 57.8 Å². The minimum atomic E-state index is -0.790. The van der Waals surface area contributed by atoms with Crippen LogP contribution in [0.25, 0.3) is 0 Å². The van der Waals surface area contributed by atoms with Gasteiger partial charge in [0.05, 0.1) is 17.9 Å². The molecule has 2 N–H and O–H groups in total. The molecule has 0 aromatic rings. The highest BCUT2D eigenvalue weighted by Gasteiger charge is 2.40. The van der Waals surface area contributed by atoms with Crippen LogP contribution in [0.5, 0.6) is 0 Å². The van der Waals surface area contributed by atoms with Crippen molar-refractivity contribution in [2.24, 2.45) is 5.92 Å². The molecule has 0 saturated heterocycles. The number of carbonyl (C=O) groups excluding carboxylic acids is 1. The first-order valence-electron chi connectivity index (χ1n) is 7.64. The van der Waals surface area contributed by atoms with E-state index in [0.29, 0.717) is 12.8 Å². The number of hydrogen-bond donors (Lipinski definition) is 2. The second-order valence-corrected chi connectivity index (χ2v) is 6.17. The van der Waals surface area contributed by atoms with Gasteiger partial charge < -0.3 is 15.2 Å². The van der Waals surface area contributed by atoms with E-state index in [4.69, 9.17) is 4.74 Å². The van der Waals surface area contributed by atoms with Gasteiger partial charge in [0.1, 0.15) is 0 Å². The lowest BCUT2D eigenvalue weighted by atomic mass is 9.77. The molecule has 0 bridgehead atoms. The molecular weight excluding hydrogens is 258 g/mol. The first kappa shape index (κ1) is 15.3. The third kappa shape index (κ3) is 3.51. The maximum absolute atomic E-state index is 12.2. The highest BCUT2D eigenvalue weighted by atomic mass is 16.5. The average molecular weight is 283 g/mol. The van der Waals surface area contributed by atoms with Gasteiger partial charge in [-0.05, 0) is 32.1 Å². The van der Waals surface area contributed by atoms with E-state index in [1.165, 1.54) is 0 Å². The molecule has 0 aromatic carbocycles. The largest absolute Gasteiger partial charge is 0.481 e. The molecule has 0 aliphatic heterocycles. The molecule has 5 nitrogen and oxygen atoms in total. The molecule has 2 saturated carbocycles. The van der Waals surface area contributed by atoms with Gasteiger partial charge in [0.15, 0.2) is 0 Å². The van der Waals surface area contributed by atoms with Gasteiger partial charge >= 0.3 is 5.97 Å². The Labute approximate surface area is 120 Å². The first-order chi connectivity index (χ1) is 9.56. The van der Waals surface area contributed by atoms with Gasteiger partial charge in [-0.1, -0.05) is 19.3 Å². The van der Waals surface area contributed by atoms with Crippen LogP contribution in [0.3, 0.4) is 0 Å². The van der Waals surface area contributed by atoms with Gasteiger partial charge in [0, 0.05) is 13.2 Å². The van der Waals surface area contributed by atoms with E-state index in [1.54, 1.807) is 7.11 Å². The van der Waals surface area contributed by atoms with Crippen LogP contribution >= 0.6 is 0 Å². The molecule has 0 radical (unpaired) electrons. The Morgan fingerprint density at radius 3 is 2.45 bits per heavy atom. The summed E-state index contributed by atoms with van der Waals surface area (Å²) in [5.41, 5.74) is -0.298. The highest BCUT2D eigenvalue weighted by Crippen LogP contribution is 2.38. The van der Waals surface area contributed by atoms with Crippen LogP contribution in [0.4, 0.5) is 0 Å². The Hall–Kier alpha value is -1.10. The third-order valence-corrected chi connectivity index (χ3v) is 4.86. The van der Waals surface area contributed by atoms with Gasteiger partial charge in [0.25, 0.3) is 0 Å². The summed E-state index contributed by atoms with van der Waals surface area (Å²) >= 11 is 0. The fraction of sp³-hybridized carbons (Fsp3) is 0.867. The predicted octanol–water partition coefficient (Wildman–Crippen LogP) is 2.10. The summed E-state index contributed by atoms with van der Waals surface area (Å²) in [6.07, 6.45) is 7.70. The van der Waals surface area contributed by atoms with Gasteiger partial charge in [-0.2, -0.15) is 0 Å². The molecule has 20 heavy (non-hydrogen) atoms. The van der Waals surface area contributed by atoms with E-state index in [9.17, 15) is 14.7 Å². The Kier molecular flexibility index (Phi) is 5.02. The van der Waals surface area contributed by atoms with E-state index in [0.717, 1.165) is 44.9 Å². The molecule has 2 aliphatic carbocycles. The summed E-state index contributed by atoms with van der Waals surface area (Å²) in [6.45, 7) is 0. The van der Waals surface area contributed by atoms with Crippen LogP contribution < -0.4 is 5.32 Å². The van der Waals surface area contributed by atoms with Crippen LogP contribution in [-0.2, 0) is 14.3 Å². The van der Waals surface area contributed by atoms with E-state index in [2.05, 4.69) is 5.32 Å². The predicted molar refractivity (Wildman–Crippen MR) is 74.3 cm³/mol. The number of nitrogens with one attached hydrogen (secondary N) is 1. The molecule has 0 spiro atoms. The fourth-order valence-electron chi connectivity index (χ4n) is 3.35. The van der Waals surface area contributed by atoms with E-state index >= 15 is 0 Å².